The van der Waals surface area contributed by atoms with Crippen LogP contribution in [0.2, 0.25) is 0 Å². The summed E-state index contributed by atoms with van der Waals surface area (Å²) < 4.78 is 66.2. The molecule has 3 aromatic rings. The van der Waals surface area contributed by atoms with Crippen molar-refractivity contribution in [1.29, 1.82) is 0 Å². The number of alkyl halides is 3. The number of rotatable bonds is 6. The average Bonchev–Trinajstić information content (AvgIpc) is 3.21. The molecule has 1 aliphatic heterocycles. The molecule has 1 saturated heterocycles. The number of fused-ring (bicyclic) bond motifs is 1. The summed E-state index contributed by atoms with van der Waals surface area (Å²) >= 11 is 1.60. The Morgan fingerprint density at radius 2 is 1.66 bits per heavy atom. The molecule has 172 valence electrons. The van der Waals surface area contributed by atoms with Crippen molar-refractivity contribution in [2.75, 3.05) is 32.7 Å². The molecule has 1 aromatic heterocycles. The van der Waals surface area contributed by atoms with Gasteiger partial charge in [0.15, 0.2) is 0 Å². The van der Waals surface area contributed by atoms with Crippen molar-refractivity contribution >= 4 is 31.4 Å². The molecule has 0 bridgehead atoms. The Bertz CT molecular complexity index is 1170. The molecule has 0 spiro atoms. The normalized spacial score (nSPS) is 17.6. The molecule has 32 heavy (non-hydrogen) atoms. The fourth-order valence-corrected chi connectivity index (χ4v) is 6.31. The van der Waals surface area contributed by atoms with Crippen molar-refractivity contribution in [2.45, 2.75) is 23.6 Å². The standard InChI is InChI=1S/C22H23F3N2O3S2/c23-22(24,25)16-5-7-17(8-6-16)32(29,30)27-13-11-26(12-14-27)10-9-20(28)19-15-31-21-4-2-1-3-18(19)21/h1-8,15,20,28H,9-14H2. The molecule has 0 saturated carbocycles. The van der Waals surface area contributed by atoms with Crippen molar-refractivity contribution in [3.8, 4) is 0 Å². The summed E-state index contributed by atoms with van der Waals surface area (Å²) in [6.07, 6.45) is -4.57. The van der Waals surface area contributed by atoms with Gasteiger partial charge in [-0.3, -0.25) is 0 Å². The maximum Gasteiger partial charge on any atom is 0.416 e. The average molecular weight is 485 g/mol. The fourth-order valence-electron chi connectivity index (χ4n) is 3.88. The van der Waals surface area contributed by atoms with Gasteiger partial charge < -0.3 is 10.0 Å². The number of aliphatic hydroxyl groups excluding tert-OH is 1. The second kappa shape index (κ2) is 9.11. The molecule has 1 atom stereocenters. The highest BCUT2D eigenvalue weighted by Gasteiger charge is 2.32. The van der Waals surface area contributed by atoms with Crippen LogP contribution in [0.3, 0.4) is 0 Å². The van der Waals surface area contributed by atoms with Gasteiger partial charge in [0.2, 0.25) is 10.0 Å². The Labute approximate surface area is 188 Å². The second-order valence-electron chi connectivity index (χ2n) is 7.76. The largest absolute Gasteiger partial charge is 0.416 e. The number of hydrogen-bond donors (Lipinski definition) is 1. The van der Waals surface area contributed by atoms with Gasteiger partial charge in [-0.05, 0) is 53.1 Å². The summed E-state index contributed by atoms with van der Waals surface area (Å²) in [4.78, 5) is 1.95. The molecule has 5 nitrogen and oxygen atoms in total. The number of hydrogen-bond acceptors (Lipinski definition) is 5. The first-order chi connectivity index (χ1) is 15.2. The Balaban J connectivity index is 1.32. The lowest BCUT2D eigenvalue weighted by Crippen LogP contribution is -2.48. The number of halogens is 3. The molecule has 2 aromatic carbocycles. The predicted octanol–water partition coefficient (Wildman–Crippen LogP) is 4.35. The highest BCUT2D eigenvalue weighted by Crippen LogP contribution is 2.32. The summed E-state index contributed by atoms with van der Waals surface area (Å²) in [5.41, 5.74) is 0.0346. The molecule has 1 N–H and O–H groups in total. The minimum absolute atomic E-state index is 0.140. The van der Waals surface area contributed by atoms with Gasteiger partial charge in [-0.1, -0.05) is 18.2 Å². The number of benzene rings is 2. The zero-order valence-electron chi connectivity index (χ0n) is 17.1. The second-order valence-corrected chi connectivity index (χ2v) is 10.6. The molecular formula is C22H23F3N2O3S2. The number of sulfonamides is 1. The molecule has 1 unspecified atom stereocenters. The number of nitrogens with zero attached hydrogens (tertiary/aromatic N) is 2. The molecule has 2 heterocycles. The number of aliphatic hydroxyl groups is 1. The van der Waals surface area contributed by atoms with Crippen LogP contribution in [0.25, 0.3) is 10.1 Å². The summed E-state index contributed by atoms with van der Waals surface area (Å²) in [6, 6.07) is 11.5. The van der Waals surface area contributed by atoms with Crippen LogP contribution in [0.1, 0.15) is 23.7 Å². The van der Waals surface area contributed by atoms with Crippen LogP contribution in [0.15, 0.2) is 58.8 Å². The van der Waals surface area contributed by atoms with E-state index in [1.807, 2.05) is 29.6 Å². The van der Waals surface area contributed by atoms with E-state index >= 15 is 0 Å². The van der Waals surface area contributed by atoms with Gasteiger partial charge in [-0.25, -0.2) is 8.42 Å². The zero-order valence-corrected chi connectivity index (χ0v) is 18.8. The smallest absolute Gasteiger partial charge is 0.388 e. The van der Waals surface area contributed by atoms with Gasteiger partial charge in [0.1, 0.15) is 0 Å². The molecule has 0 amide bonds. The first-order valence-corrected chi connectivity index (χ1v) is 12.5. The molecule has 10 heteroatoms. The molecule has 1 aliphatic rings. The predicted molar refractivity (Wildman–Crippen MR) is 118 cm³/mol. The van der Waals surface area contributed by atoms with E-state index in [1.165, 1.54) is 4.31 Å². The van der Waals surface area contributed by atoms with Crippen LogP contribution < -0.4 is 0 Å². The van der Waals surface area contributed by atoms with Crippen molar-refractivity contribution < 1.29 is 26.7 Å². The van der Waals surface area contributed by atoms with Crippen LogP contribution in [-0.4, -0.2) is 55.5 Å². The first-order valence-electron chi connectivity index (χ1n) is 10.2. The fraction of sp³-hybridized carbons (Fsp3) is 0.364. The highest BCUT2D eigenvalue weighted by atomic mass is 32.2. The Hall–Kier alpha value is -1.98. The molecule has 0 radical (unpaired) electrons. The van der Waals surface area contributed by atoms with Crippen molar-refractivity contribution in [3.05, 3.63) is 65.0 Å². The Kier molecular flexibility index (Phi) is 6.60. The van der Waals surface area contributed by atoms with Crippen molar-refractivity contribution in [1.82, 2.24) is 9.21 Å². The van der Waals surface area contributed by atoms with Gasteiger partial charge in [0, 0.05) is 37.4 Å². The molecule has 0 aliphatic carbocycles. The zero-order chi connectivity index (χ0) is 22.9. The summed E-state index contributed by atoms with van der Waals surface area (Å²) in [7, 11) is -3.85. The molecular weight excluding hydrogens is 461 g/mol. The minimum Gasteiger partial charge on any atom is -0.388 e. The lowest BCUT2D eigenvalue weighted by Gasteiger charge is -2.34. The van der Waals surface area contributed by atoms with E-state index < -0.39 is 27.9 Å². The van der Waals surface area contributed by atoms with Crippen LogP contribution in [0, 0.1) is 0 Å². The number of thiophene rings is 1. The highest BCUT2D eigenvalue weighted by molar-refractivity contribution is 7.89. The van der Waals surface area contributed by atoms with E-state index in [-0.39, 0.29) is 18.0 Å². The quantitative estimate of drug-likeness (QED) is 0.565. The van der Waals surface area contributed by atoms with Gasteiger partial charge in [-0.2, -0.15) is 17.5 Å². The van der Waals surface area contributed by atoms with Crippen molar-refractivity contribution in [3.63, 3.8) is 0 Å². The van der Waals surface area contributed by atoms with E-state index in [2.05, 4.69) is 4.90 Å². The van der Waals surface area contributed by atoms with Gasteiger partial charge in [0.25, 0.3) is 0 Å². The third-order valence-corrected chi connectivity index (χ3v) is 8.63. The number of piperazine rings is 1. The summed E-state index contributed by atoms with van der Waals surface area (Å²) in [5, 5.41) is 13.7. The van der Waals surface area contributed by atoms with Crippen LogP contribution in [-0.2, 0) is 16.2 Å². The molecule has 4 rings (SSSR count). The van der Waals surface area contributed by atoms with E-state index in [1.54, 1.807) is 11.3 Å². The molecule has 1 fully saturated rings. The minimum atomic E-state index is -4.51. The van der Waals surface area contributed by atoms with E-state index in [9.17, 15) is 26.7 Å². The Morgan fingerprint density at radius 3 is 2.31 bits per heavy atom. The Morgan fingerprint density at radius 1 is 1.00 bits per heavy atom. The van der Waals surface area contributed by atoms with Gasteiger partial charge >= 0.3 is 6.18 Å². The lowest BCUT2D eigenvalue weighted by atomic mass is 10.1. The maximum atomic E-state index is 12.8. The third-order valence-electron chi connectivity index (χ3n) is 5.74. The monoisotopic (exact) mass is 484 g/mol. The van der Waals surface area contributed by atoms with Crippen LogP contribution in [0.4, 0.5) is 13.2 Å². The SMILES string of the molecule is O=S(=O)(c1ccc(C(F)(F)F)cc1)N1CCN(CCC(O)c2csc3ccccc23)CC1. The van der Waals surface area contributed by atoms with E-state index in [4.69, 9.17) is 0 Å². The first kappa shape index (κ1) is 23.2. The topological polar surface area (TPSA) is 60.9 Å². The lowest BCUT2D eigenvalue weighted by molar-refractivity contribution is -0.137. The van der Waals surface area contributed by atoms with E-state index in [0.29, 0.717) is 26.1 Å². The summed E-state index contributed by atoms with van der Waals surface area (Å²) in [6.45, 7) is 2.12. The van der Waals surface area contributed by atoms with Crippen LogP contribution in [0.5, 0.6) is 0 Å². The van der Waals surface area contributed by atoms with E-state index in [0.717, 1.165) is 39.9 Å². The van der Waals surface area contributed by atoms with Gasteiger partial charge in [-0.15, -0.1) is 11.3 Å². The van der Waals surface area contributed by atoms with Crippen LogP contribution >= 0.6 is 11.3 Å². The maximum absolute atomic E-state index is 12.8. The third kappa shape index (κ3) is 4.84. The summed E-state index contributed by atoms with van der Waals surface area (Å²) in [5.74, 6) is 0. The van der Waals surface area contributed by atoms with Crippen molar-refractivity contribution in [2.24, 2.45) is 0 Å². The van der Waals surface area contributed by atoms with Gasteiger partial charge in [0.05, 0.1) is 16.6 Å².